The lowest BCUT2D eigenvalue weighted by molar-refractivity contribution is -0.168. The molecule has 172 valence electrons. The minimum atomic E-state index is -0.673. The largest absolute Gasteiger partial charge is 0.481 e. The van der Waals surface area contributed by atoms with E-state index in [0.717, 1.165) is 50.9 Å². The highest BCUT2D eigenvalue weighted by Crippen LogP contribution is 2.53. The first kappa shape index (κ1) is 23.3. The number of ether oxygens (including phenoxy) is 2. The van der Waals surface area contributed by atoms with Crippen LogP contribution in [0, 0.1) is 5.41 Å². The van der Waals surface area contributed by atoms with Crippen molar-refractivity contribution in [1.29, 1.82) is 0 Å². The number of carboxylic acids is 1. The molecule has 0 aromatic heterocycles. The van der Waals surface area contributed by atoms with E-state index in [1.807, 2.05) is 11.8 Å². The Balaban J connectivity index is 1.41. The second-order valence-corrected chi connectivity index (χ2v) is 10.4. The molecule has 2 fully saturated rings. The van der Waals surface area contributed by atoms with Gasteiger partial charge in [0.05, 0.1) is 13.0 Å². The maximum atomic E-state index is 11.3. The van der Waals surface area contributed by atoms with Gasteiger partial charge in [-0.15, -0.1) is 0 Å². The molecule has 2 unspecified atom stereocenters. The van der Waals surface area contributed by atoms with Crippen molar-refractivity contribution in [3.05, 3.63) is 71.3 Å². The van der Waals surface area contributed by atoms with E-state index in [0.29, 0.717) is 18.3 Å². The Morgan fingerprint density at radius 2 is 1.94 bits per heavy atom. The molecule has 2 aromatic carbocycles. The van der Waals surface area contributed by atoms with Crippen molar-refractivity contribution in [3.63, 3.8) is 0 Å². The van der Waals surface area contributed by atoms with Gasteiger partial charge in [0.2, 0.25) is 0 Å². The van der Waals surface area contributed by atoms with Crippen molar-refractivity contribution in [2.75, 3.05) is 12.4 Å². The molecule has 1 saturated heterocycles. The van der Waals surface area contributed by atoms with Gasteiger partial charge in [0.15, 0.2) is 6.29 Å². The molecule has 1 saturated carbocycles. The summed E-state index contributed by atoms with van der Waals surface area (Å²) in [4.78, 5) is 11.3. The van der Waals surface area contributed by atoms with Gasteiger partial charge in [0, 0.05) is 17.6 Å². The Morgan fingerprint density at radius 3 is 2.66 bits per heavy atom. The highest BCUT2D eigenvalue weighted by atomic mass is 32.2. The second kappa shape index (κ2) is 11.4. The van der Waals surface area contributed by atoms with Crippen LogP contribution in [-0.4, -0.2) is 29.7 Å². The maximum absolute atomic E-state index is 11.3. The standard InChI is InChI=1S/C27H34O4S/c28-25(29)18-27(14-15-27)20-32-24(13-12-21-7-2-1-3-8-21)23-10-6-9-22(17-23)19-31-26-11-4-5-16-30-26/h1-3,6-10,17,24,26H,4-5,11-16,18-20H2,(H,28,29). The van der Waals surface area contributed by atoms with E-state index in [2.05, 4.69) is 54.6 Å². The fourth-order valence-electron chi connectivity index (χ4n) is 4.35. The van der Waals surface area contributed by atoms with Crippen molar-refractivity contribution < 1.29 is 19.4 Å². The molecule has 4 rings (SSSR count). The molecule has 4 nitrogen and oxygen atoms in total. The van der Waals surface area contributed by atoms with Gasteiger partial charge >= 0.3 is 5.97 Å². The monoisotopic (exact) mass is 454 g/mol. The summed E-state index contributed by atoms with van der Waals surface area (Å²) >= 11 is 1.93. The fourth-order valence-corrected chi connectivity index (χ4v) is 5.92. The predicted octanol–water partition coefficient (Wildman–Crippen LogP) is 6.39. The Hall–Kier alpha value is -1.82. The van der Waals surface area contributed by atoms with Crippen LogP contribution in [0.5, 0.6) is 0 Å². The van der Waals surface area contributed by atoms with E-state index in [1.165, 1.54) is 23.1 Å². The zero-order valence-corrected chi connectivity index (χ0v) is 19.5. The minimum absolute atomic E-state index is 0.000535. The van der Waals surface area contributed by atoms with Gasteiger partial charge in [0.25, 0.3) is 0 Å². The number of aliphatic carboxylic acids is 1. The first-order chi connectivity index (χ1) is 15.6. The Kier molecular flexibility index (Phi) is 8.28. The van der Waals surface area contributed by atoms with E-state index in [9.17, 15) is 9.90 Å². The van der Waals surface area contributed by atoms with Gasteiger partial charge in [-0.25, -0.2) is 0 Å². The lowest BCUT2D eigenvalue weighted by Crippen LogP contribution is -2.22. The molecule has 1 aliphatic carbocycles. The number of carbonyl (C=O) groups is 1. The number of thioether (sulfide) groups is 1. The van der Waals surface area contributed by atoms with Crippen molar-refractivity contribution >= 4 is 17.7 Å². The fraction of sp³-hybridized carbons (Fsp3) is 0.519. The number of hydrogen-bond donors (Lipinski definition) is 1. The third kappa shape index (κ3) is 7.09. The van der Waals surface area contributed by atoms with Gasteiger partial charge in [-0.3, -0.25) is 4.79 Å². The molecule has 2 atom stereocenters. The summed E-state index contributed by atoms with van der Waals surface area (Å²) in [5.41, 5.74) is 3.83. The molecule has 0 spiro atoms. The van der Waals surface area contributed by atoms with Gasteiger partial charge in [-0.2, -0.15) is 11.8 Å². The maximum Gasteiger partial charge on any atom is 0.303 e. The number of hydrogen-bond acceptors (Lipinski definition) is 4. The zero-order valence-electron chi connectivity index (χ0n) is 18.7. The molecule has 0 radical (unpaired) electrons. The van der Waals surface area contributed by atoms with Crippen LogP contribution < -0.4 is 0 Å². The molecule has 1 aliphatic heterocycles. The minimum Gasteiger partial charge on any atom is -0.481 e. The summed E-state index contributed by atoms with van der Waals surface area (Å²) in [6, 6.07) is 19.3. The third-order valence-corrected chi connectivity index (χ3v) is 8.20. The van der Waals surface area contributed by atoms with Crippen molar-refractivity contribution in [3.8, 4) is 0 Å². The van der Waals surface area contributed by atoms with E-state index in [4.69, 9.17) is 9.47 Å². The lowest BCUT2D eigenvalue weighted by Gasteiger charge is -2.23. The van der Waals surface area contributed by atoms with Crippen LogP contribution >= 0.6 is 11.8 Å². The van der Waals surface area contributed by atoms with Crippen LogP contribution in [0.1, 0.15) is 66.9 Å². The Bertz CT molecular complexity index is 859. The number of carboxylic acid groups (broad SMARTS) is 1. The number of benzene rings is 2. The van der Waals surface area contributed by atoms with Crippen molar-refractivity contribution in [2.24, 2.45) is 5.41 Å². The summed E-state index contributed by atoms with van der Waals surface area (Å²) in [6.07, 6.45) is 7.60. The highest BCUT2D eigenvalue weighted by molar-refractivity contribution is 7.99. The molecule has 1 heterocycles. The van der Waals surface area contributed by atoms with Crippen LogP contribution in [0.15, 0.2) is 54.6 Å². The summed E-state index contributed by atoms with van der Waals surface area (Å²) in [6.45, 7) is 1.36. The second-order valence-electron chi connectivity index (χ2n) is 9.25. The molecule has 0 bridgehead atoms. The van der Waals surface area contributed by atoms with Crippen LogP contribution in [0.4, 0.5) is 0 Å². The smallest absolute Gasteiger partial charge is 0.303 e. The molecular weight excluding hydrogens is 420 g/mol. The third-order valence-electron chi connectivity index (χ3n) is 6.51. The van der Waals surface area contributed by atoms with Crippen molar-refractivity contribution in [2.45, 2.75) is 69.5 Å². The predicted molar refractivity (Wildman–Crippen MR) is 129 cm³/mol. The number of rotatable bonds is 12. The first-order valence-corrected chi connectivity index (χ1v) is 12.9. The van der Waals surface area contributed by atoms with Gasteiger partial charge in [-0.05, 0) is 67.1 Å². The van der Waals surface area contributed by atoms with E-state index in [-0.39, 0.29) is 11.7 Å². The summed E-state index contributed by atoms with van der Waals surface area (Å²) < 4.78 is 11.7. The van der Waals surface area contributed by atoms with E-state index in [1.54, 1.807) is 0 Å². The first-order valence-electron chi connectivity index (χ1n) is 11.8. The lowest BCUT2D eigenvalue weighted by atomic mass is 10.0. The van der Waals surface area contributed by atoms with E-state index < -0.39 is 5.97 Å². The molecular formula is C27H34O4S. The molecule has 2 aliphatic rings. The van der Waals surface area contributed by atoms with Gasteiger partial charge < -0.3 is 14.6 Å². The van der Waals surface area contributed by atoms with E-state index >= 15 is 0 Å². The molecule has 32 heavy (non-hydrogen) atoms. The number of aryl methyl sites for hydroxylation is 1. The molecule has 2 aromatic rings. The SMILES string of the molecule is O=C(O)CC1(CSC(CCc2ccccc2)c2cccc(COC3CCCCO3)c2)CC1. The van der Waals surface area contributed by atoms with Crippen LogP contribution in [0.25, 0.3) is 0 Å². The Morgan fingerprint density at radius 1 is 1.12 bits per heavy atom. The summed E-state index contributed by atoms with van der Waals surface area (Å²) in [5.74, 6) is 0.239. The topological polar surface area (TPSA) is 55.8 Å². The van der Waals surface area contributed by atoms with Crippen LogP contribution in [-0.2, 0) is 27.3 Å². The highest BCUT2D eigenvalue weighted by Gasteiger charge is 2.44. The normalized spacial score (nSPS) is 20.6. The molecule has 0 amide bonds. The summed E-state index contributed by atoms with van der Waals surface area (Å²) in [7, 11) is 0. The van der Waals surface area contributed by atoms with Crippen molar-refractivity contribution in [1.82, 2.24) is 0 Å². The quantitative estimate of drug-likeness (QED) is 0.403. The molecule has 1 N–H and O–H groups in total. The average Bonchev–Trinajstić information content (AvgIpc) is 3.58. The van der Waals surface area contributed by atoms with Gasteiger partial charge in [0.1, 0.15) is 0 Å². The zero-order chi connectivity index (χ0) is 22.2. The van der Waals surface area contributed by atoms with Gasteiger partial charge in [-0.1, -0.05) is 54.6 Å². The molecule has 5 heteroatoms. The van der Waals surface area contributed by atoms with Crippen LogP contribution in [0.3, 0.4) is 0 Å². The average molecular weight is 455 g/mol. The van der Waals surface area contributed by atoms with Crippen LogP contribution in [0.2, 0.25) is 0 Å². The summed E-state index contributed by atoms with van der Waals surface area (Å²) in [5, 5.41) is 9.63. The Labute approximate surface area is 195 Å².